The van der Waals surface area contributed by atoms with E-state index in [2.05, 4.69) is 0 Å². The van der Waals surface area contributed by atoms with Gasteiger partial charge >= 0.3 is 0 Å². The zero-order valence-electron chi connectivity index (χ0n) is 11.4. The van der Waals surface area contributed by atoms with E-state index in [9.17, 15) is 0 Å². The van der Waals surface area contributed by atoms with Crippen molar-refractivity contribution in [2.24, 2.45) is 5.73 Å². The lowest BCUT2D eigenvalue weighted by Crippen LogP contribution is -2.38. The number of rotatable bonds is 6. The molecule has 0 heterocycles. The van der Waals surface area contributed by atoms with E-state index in [0.29, 0.717) is 6.54 Å². The van der Waals surface area contributed by atoms with Gasteiger partial charge in [-0.05, 0) is 19.1 Å². The number of nitrogens with two attached hydrogens (primary N) is 1. The van der Waals surface area contributed by atoms with E-state index in [1.807, 2.05) is 31.0 Å². The van der Waals surface area contributed by atoms with Crippen molar-refractivity contribution in [1.29, 1.82) is 0 Å². The summed E-state index contributed by atoms with van der Waals surface area (Å²) in [6.07, 6.45) is 0. The molecule has 0 amide bonds. The minimum Gasteiger partial charge on any atom is -0.496 e. The Morgan fingerprint density at radius 1 is 1.33 bits per heavy atom. The van der Waals surface area contributed by atoms with Crippen LogP contribution in [0.4, 0.5) is 5.69 Å². The van der Waals surface area contributed by atoms with Crippen molar-refractivity contribution in [3.05, 3.63) is 17.7 Å². The number of aliphatic hydroxyl groups excluding tert-OH is 1. The molecule has 1 atom stereocenters. The standard InChI is InChI=1S/C13H22N2O3/c1-9-12(17-3)6-5-11(13(9)18-4)15(2)7-10(14)8-16/h5-6,10,16H,7-8,14H2,1-4H3. The molecular weight excluding hydrogens is 232 g/mol. The maximum absolute atomic E-state index is 8.99. The lowest BCUT2D eigenvalue weighted by atomic mass is 10.1. The average molecular weight is 254 g/mol. The number of ether oxygens (including phenoxy) is 2. The van der Waals surface area contributed by atoms with Gasteiger partial charge in [0.25, 0.3) is 0 Å². The second kappa shape index (κ2) is 6.47. The largest absolute Gasteiger partial charge is 0.496 e. The highest BCUT2D eigenvalue weighted by molar-refractivity contribution is 5.65. The summed E-state index contributed by atoms with van der Waals surface area (Å²) in [7, 11) is 5.18. The third-order valence-corrected chi connectivity index (χ3v) is 2.91. The van der Waals surface area contributed by atoms with E-state index in [0.717, 1.165) is 22.7 Å². The molecule has 1 aromatic carbocycles. The minimum absolute atomic E-state index is 0.0399. The molecule has 0 aromatic heterocycles. The van der Waals surface area contributed by atoms with Crippen LogP contribution in [-0.4, -0.2) is 45.6 Å². The topological polar surface area (TPSA) is 68.0 Å². The molecule has 0 aliphatic carbocycles. The summed E-state index contributed by atoms with van der Waals surface area (Å²) in [5, 5.41) is 8.99. The van der Waals surface area contributed by atoms with Crippen molar-refractivity contribution in [2.75, 3.05) is 39.3 Å². The Morgan fingerprint density at radius 3 is 2.50 bits per heavy atom. The van der Waals surface area contributed by atoms with Gasteiger partial charge in [-0.15, -0.1) is 0 Å². The number of likely N-dealkylation sites (N-methyl/N-ethyl adjacent to an activating group) is 1. The monoisotopic (exact) mass is 254 g/mol. The first-order chi connectivity index (χ1) is 8.54. The summed E-state index contributed by atoms with van der Waals surface area (Å²) in [6, 6.07) is 3.55. The summed E-state index contributed by atoms with van der Waals surface area (Å²) in [5.41, 5.74) is 7.62. The van der Waals surface area contributed by atoms with E-state index in [1.165, 1.54) is 0 Å². The van der Waals surface area contributed by atoms with Gasteiger partial charge in [-0.25, -0.2) is 0 Å². The molecule has 0 spiro atoms. The number of nitrogens with zero attached hydrogens (tertiary/aromatic N) is 1. The molecule has 1 aromatic rings. The van der Waals surface area contributed by atoms with Crippen LogP contribution in [-0.2, 0) is 0 Å². The number of anilines is 1. The average Bonchev–Trinajstić information content (AvgIpc) is 2.37. The van der Waals surface area contributed by atoms with Gasteiger partial charge < -0.3 is 25.2 Å². The third-order valence-electron chi connectivity index (χ3n) is 2.91. The summed E-state index contributed by atoms with van der Waals surface area (Å²) in [6.45, 7) is 2.46. The Hall–Kier alpha value is -1.46. The van der Waals surface area contributed by atoms with Crippen LogP contribution in [0.3, 0.4) is 0 Å². The van der Waals surface area contributed by atoms with Crippen LogP contribution in [0.1, 0.15) is 5.56 Å². The Bertz CT molecular complexity index is 396. The number of hydrogen-bond acceptors (Lipinski definition) is 5. The van der Waals surface area contributed by atoms with Crippen molar-refractivity contribution < 1.29 is 14.6 Å². The van der Waals surface area contributed by atoms with Gasteiger partial charge in [-0.2, -0.15) is 0 Å². The Balaban J connectivity index is 3.05. The van der Waals surface area contributed by atoms with Gasteiger partial charge in [0.1, 0.15) is 11.5 Å². The normalized spacial score (nSPS) is 12.1. The summed E-state index contributed by atoms with van der Waals surface area (Å²) < 4.78 is 10.7. The molecule has 3 N–H and O–H groups in total. The second-order valence-corrected chi connectivity index (χ2v) is 4.27. The first-order valence-corrected chi connectivity index (χ1v) is 5.84. The van der Waals surface area contributed by atoms with Crippen molar-refractivity contribution >= 4 is 5.69 Å². The maximum Gasteiger partial charge on any atom is 0.148 e. The van der Waals surface area contributed by atoms with E-state index < -0.39 is 0 Å². The van der Waals surface area contributed by atoms with Gasteiger partial charge in [0, 0.05) is 25.2 Å². The third kappa shape index (κ3) is 3.05. The molecule has 0 aliphatic rings. The fourth-order valence-corrected chi connectivity index (χ4v) is 1.95. The first-order valence-electron chi connectivity index (χ1n) is 5.84. The maximum atomic E-state index is 8.99. The molecule has 1 rings (SSSR count). The molecular formula is C13H22N2O3. The summed E-state index contributed by atoms with van der Waals surface area (Å²) >= 11 is 0. The zero-order chi connectivity index (χ0) is 13.7. The summed E-state index contributed by atoms with van der Waals surface area (Å²) in [4.78, 5) is 1.96. The van der Waals surface area contributed by atoms with Crippen LogP contribution >= 0.6 is 0 Å². The van der Waals surface area contributed by atoms with Crippen molar-refractivity contribution in [1.82, 2.24) is 0 Å². The van der Waals surface area contributed by atoms with E-state index in [4.69, 9.17) is 20.3 Å². The van der Waals surface area contributed by atoms with Crippen molar-refractivity contribution in [2.45, 2.75) is 13.0 Å². The van der Waals surface area contributed by atoms with E-state index >= 15 is 0 Å². The second-order valence-electron chi connectivity index (χ2n) is 4.27. The molecule has 102 valence electrons. The quantitative estimate of drug-likeness (QED) is 0.785. The van der Waals surface area contributed by atoms with Gasteiger partial charge in [0.2, 0.25) is 0 Å². The van der Waals surface area contributed by atoms with Crippen LogP contribution in [0.15, 0.2) is 12.1 Å². The Kier molecular flexibility index (Phi) is 5.25. The molecule has 0 saturated heterocycles. The molecule has 0 saturated carbocycles. The number of methoxy groups -OCH3 is 2. The molecule has 0 fully saturated rings. The fourth-order valence-electron chi connectivity index (χ4n) is 1.95. The predicted molar refractivity (Wildman–Crippen MR) is 72.6 cm³/mol. The van der Waals surface area contributed by atoms with Crippen LogP contribution in [0.5, 0.6) is 11.5 Å². The molecule has 0 radical (unpaired) electrons. The van der Waals surface area contributed by atoms with Gasteiger partial charge in [0.05, 0.1) is 26.5 Å². The van der Waals surface area contributed by atoms with Crippen LogP contribution in [0.25, 0.3) is 0 Å². The minimum atomic E-state index is -0.276. The molecule has 1 unspecified atom stereocenters. The lowest BCUT2D eigenvalue weighted by molar-refractivity contribution is 0.267. The zero-order valence-corrected chi connectivity index (χ0v) is 11.4. The number of hydrogen-bond donors (Lipinski definition) is 2. The molecule has 5 nitrogen and oxygen atoms in total. The highest BCUT2D eigenvalue weighted by Crippen LogP contribution is 2.36. The molecule has 18 heavy (non-hydrogen) atoms. The smallest absolute Gasteiger partial charge is 0.148 e. The molecule has 0 bridgehead atoms. The predicted octanol–water partition coefficient (Wildman–Crippen LogP) is 0.768. The van der Waals surface area contributed by atoms with Gasteiger partial charge in [-0.3, -0.25) is 0 Å². The van der Waals surface area contributed by atoms with E-state index in [1.54, 1.807) is 14.2 Å². The highest BCUT2D eigenvalue weighted by atomic mass is 16.5. The Morgan fingerprint density at radius 2 is 2.00 bits per heavy atom. The SMILES string of the molecule is COc1ccc(N(C)CC(N)CO)c(OC)c1C. The lowest BCUT2D eigenvalue weighted by Gasteiger charge is -2.25. The summed E-state index contributed by atoms with van der Waals surface area (Å²) in [5.74, 6) is 1.55. The van der Waals surface area contributed by atoms with Crippen molar-refractivity contribution in [3.8, 4) is 11.5 Å². The van der Waals surface area contributed by atoms with Crippen LogP contribution in [0.2, 0.25) is 0 Å². The van der Waals surface area contributed by atoms with Gasteiger partial charge in [0.15, 0.2) is 0 Å². The van der Waals surface area contributed by atoms with Crippen molar-refractivity contribution in [3.63, 3.8) is 0 Å². The number of aliphatic hydroxyl groups is 1. The highest BCUT2D eigenvalue weighted by Gasteiger charge is 2.15. The first kappa shape index (κ1) is 14.6. The molecule has 5 heteroatoms. The number of benzene rings is 1. The Labute approximate surface area is 108 Å². The van der Waals surface area contributed by atoms with Crippen LogP contribution in [0, 0.1) is 6.92 Å². The fraction of sp³-hybridized carbons (Fsp3) is 0.538. The van der Waals surface area contributed by atoms with Crippen LogP contribution < -0.4 is 20.1 Å². The van der Waals surface area contributed by atoms with Gasteiger partial charge in [-0.1, -0.05) is 0 Å². The molecule has 0 aliphatic heterocycles. The van der Waals surface area contributed by atoms with E-state index in [-0.39, 0.29) is 12.6 Å².